The molecule has 0 aliphatic heterocycles. The second-order valence-electron chi connectivity index (χ2n) is 5.19. The van der Waals surface area contributed by atoms with E-state index in [1.54, 1.807) is 0 Å². The molecule has 0 aliphatic carbocycles. The topological polar surface area (TPSA) is 21.3 Å². The van der Waals surface area contributed by atoms with E-state index < -0.39 is 0 Å². The van der Waals surface area contributed by atoms with Gasteiger partial charge in [0.2, 0.25) is 0 Å². The van der Waals surface area contributed by atoms with E-state index in [0.717, 1.165) is 24.6 Å². The van der Waals surface area contributed by atoms with Gasteiger partial charge in [-0.05, 0) is 24.5 Å². The first-order valence-electron chi connectivity index (χ1n) is 7.19. The quantitative estimate of drug-likeness (QED) is 0.640. The molecule has 0 radical (unpaired) electrons. The molecule has 0 saturated carbocycles. The third-order valence-electron chi connectivity index (χ3n) is 2.81. The van der Waals surface area contributed by atoms with Crippen LogP contribution in [0.5, 0.6) is 5.75 Å². The third kappa shape index (κ3) is 5.95. The van der Waals surface area contributed by atoms with E-state index in [2.05, 4.69) is 38.2 Å². The smallest absolute Gasteiger partial charge is 0.142 e. The second kappa shape index (κ2) is 8.84. The summed E-state index contributed by atoms with van der Waals surface area (Å²) in [5, 5.41) is 3.47. The van der Waals surface area contributed by atoms with Crippen LogP contribution in [0.2, 0.25) is 0 Å². The van der Waals surface area contributed by atoms with E-state index in [0.29, 0.717) is 5.92 Å². The molecule has 0 unspecified atom stereocenters. The summed E-state index contributed by atoms with van der Waals surface area (Å²) in [5.74, 6) is 1.53. The Balaban J connectivity index is 2.38. The summed E-state index contributed by atoms with van der Waals surface area (Å²) in [4.78, 5) is 0. The maximum absolute atomic E-state index is 5.81. The molecule has 2 heteroatoms. The van der Waals surface area contributed by atoms with Crippen molar-refractivity contribution in [2.45, 2.75) is 46.5 Å². The molecule has 0 aliphatic rings. The molecular formula is C16H27NO. The van der Waals surface area contributed by atoms with E-state index in [1.807, 2.05) is 12.1 Å². The fourth-order valence-electron chi connectivity index (χ4n) is 1.77. The Bertz CT molecular complexity index is 323. The van der Waals surface area contributed by atoms with Crippen LogP contribution in [0.3, 0.4) is 0 Å². The van der Waals surface area contributed by atoms with Crippen LogP contribution >= 0.6 is 0 Å². The van der Waals surface area contributed by atoms with Crippen molar-refractivity contribution in [2.24, 2.45) is 5.92 Å². The number of rotatable bonds is 9. The van der Waals surface area contributed by atoms with E-state index in [-0.39, 0.29) is 0 Å². The lowest BCUT2D eigenvalue weighted by Crippen LogP contribution is -2.08. The van der Waals surface area contributed by atoms with Gasteiger partial charge in [-0.3, -0.25) is 0 Å². The van der Waals surface area contributed by atoms with Gasteiger partial charge in [-0.1, -0.05) is 52.2 Å². The lowest BCUT2D eigenvalue weighted by atomic mass is 10.2. The summed E-state index contributed by atoms with van der Waals surface area (Å²) < 4.78 is 5.81. The predicted molar refractivity (Wildman–Crippen MR) is 79.4 cm³/mol. The van der Waals surface area contributed by atoms with Crippen LogP contribution in [-0.2, 0) is 0 Å². The van der Waals surface area contributed by atoms with Crippen LogP contribution in [0.4, 0.5) is 5.69 Å². The van der Waals surface area contributed by atoms with Crippen molar-refractivity contribution >= 4 is 5.69 Å². The zero-order valence-corrected chi connectivity index (χ0v) is 12.0. The summed E-state index contributed by atoms with van der Waals surface area (Å²) >= 11 is 0. The highest BCUT2D eigenvalue weighted by molar-refractivity contribution is 5.56. The van der Waals surface area contributed by atoms with Crippen LogP contribution < -0.4 is 10.1 Å². The van der Waals surface area contributed by atoms with E-state index >= 15 is 0 Å². The van der Waals surface area contributed by atoms with E-state index in [4.69, 9.17) is 4.74 Å². The monoisotopic (exact) mass is 249 g/mol. The van der Waals surface area contributed by atoms with Gasteiger partial charge in [-0.15, -0.1) is 0 Å². The SMILES string of the molecule is CCCCCCNc1ccccc1OCC(C)C. The Morgan fingerprint density at radius 3 is 2.61 bits per heavy atom. The van der Waals surface area contributed by atoms with Gasteiger partial charge in [0.05, 0.1) is 12.3 Å². The van der Waals surface area contributed by atoms with Crippen LogP contribution in [0.15, 0.2) is 24.3 Å². The minimum absolute atomic E-state index is 0.558. The van der Waals surface area contributed by atoms with Crippen LogP contribution in [0, 0.1) is 5.92 Å². The standard InChI is InChI=1S/C16H27NO/c1-4-5-6-9-12-17-15-10-7-8-11-16(15)18-13-14(2)3/h7-8,10-11,14,17H,4-6,9,12-13H2,1-3H3. The average Bonchev–Trinajstić information content (AvgIpc) is 2.37. The molecule has 0 saturated heterocycles. The summed E-state index contributed by atoms with van der Waals surface area (Å²) in [5.41, 5.74) is 1.12. The third-order valence-corrected chi connectivity index (χ3v) is 2.81. The number of benzene rings is 1. The Morgan fingerprint density at radius 1 is 1.11 bits per heavy atom. The van der Waals surface area contributed by atoms with Gasteiger partial charge in [0, 0.05) is 6.54 Å². The van der Waals surface area contributed by atoms with Crippen LogP contribution in [0.1, 0.15) is 46.5 Å². The van der Waals surface area contributed by atoms with Crippen molar-refractivity contribution in [3.05, 3.63) is 24.3 Å². The van der Waals surface area contributed by atoms with Crippen LogP contribution in [0.25, 0.3) is 0 Å². The van der Waals surface area contributed by atoms with Crippen molar-refractivity contribution in [2.75, 3.05) is 18.5 Å². The number of para-hydroxylation sites is 2. The van der Waals surface area contributed by atoms with Gasteiger partial charge >= 0.3 is 0 Å². The van der Waals surface area contributed by atoms with Crippen molar-refractivity contribution in [3.63, 3.8) is 0 Å². The summed E-state index contributed by atoms with van der Waals surface area (Å²) in [7, 11) is 0. The number of hydrogen-bond acceptors (Lipinski definition) is 2. The lowest BCUT2D eigenvalue weighted by Gasteiger charge is -2.14. The lowest BCUT2D eigenvalue weighted by molar-refractivity contribution is 0.272. The highest BCUT2D eigenvalue weighted by atomic mass is 16.5. The average molecular weight is 249 g/mol. The Morgan fingerprint density at radius 2 is 1.89 bits per heavy atom. The van der Waals surface area contributed by atoms with E-state index in [1.165, 1.54) is 25.7 Å². The Hall–Kier alpha value is -1.18. The molecule has 102 valence electrons. The molecule has 0 atom stereocenters. The molecule has 18 heavy (non-hydrogen) atoms. The molecular weight excluding hydrogens is 222 g/mol. The Labute approximate surface area is 112 Å². The molecule has 0 heterocycles. The maximum atomic E-state index is 5.81. The first-order valence-corrected chi connectivity index (χ1v) is 7.19. The van der Waals surface area contributed by atoms with Gasteiger partial charge in [-0.2, -0.15) is 0 Å². The zero-order valence-electron chi connectivity index (χ0n) is 12.0. The Kier molecular flexibility index (Phi) is 7.31. The minimum Gasteiger partial charge on any atom is -0.491 e. The summed E-state index contributed by atoms with van der Waals surface area (Å²) in [6.45, 7) is 8.38. The molecule has 0 fully saturated rings. The summed E-state index contributed by atoms with van der Waals surface area (Å²) in [6.07, 6.45) is 5.14. The molecule has 1 aromatic rings. The van der Waals surface area contributed by atoms with Gasteiger partial charge in [0.25, 0.3) is 0 Å². The fraction of sp³-hybridized carbons (Fsp3) is 0.625. The fourth-order valence-corrected chi connectivity index (χ4v) is 1.77. The van der Waals surface area contributed by atoms with Crippen molar-refractivity contribution in [1.82, 2.24) is 0 Å². The maximum Gasteiger partial charge on any atom is 0.142 e. The normalized spacial score (nSPS) is 10.7. The molecule has 0 aromatic heterocycles. The first kappa shape index (κ1) is 14.9. The van der Waals surface area contributed by atoms with Gasteiger partial charge in [0.15, 0.2) is 0 Å². The number of nitrogens with one attached hydrogen (secondary N) is 1. The molecule has 1 aromatic carbocycles. The van der Waals surface area contributed by atoms with Crippen molar-refractivity contribution in [3.8, 4) is 5.75 Å². The molecule has 1 N–H and O–H groups in total. The van der Waals surface area contributed by atoms with Gasteiger partial charge < -0.3 is 10.1 Å². The number of hydrogen-bond donors (Lipinski definition) is 1. The number of ether oxygens (including phenoxy) is 1. The highest BCUT2D eigenvalue weighted by Crippen LogP contribution is 2.24. The largest absolute Gasteiger partial charge is 0.491 e. The molecule has 1 rings (SSSR count). The van der Waals surface area contributed by atoms with Crippen LogP contribution in [-0.4, -0.2) is 13.2 Å². The van der Waals surface area contributed by atoms with E-state index in [9.17, 15) is 0 Å². The summed E-state index contributed by atoms with van der Waals surface area (Å²) in [6, 6.07) is 8.21. The predicted octanol–water partition coefficient (Wildman–Crippen LogP) is 4.71. The molecule has 0 amide bonds. The molecule has 2 nitrogen and oxygen atoms in total. The molecule has 0 spiro atoms. The van der Waals surface area contributed by atoms with Crippen molar-refractivity contribution < 1.29 is 4.74 Å². The van der Waals surface area contributed by atoms with Gasteiger partial charge in [-0.25, -0.2) is 0 Å². The highest BCUT2D eigenvalue weighted by Gasteiger charge is 2.03. The second-order valence-corrected chi connectivity index (χ2v) is 5.19. The first-order chi connectivity index (χ1) is 8.74. The van der Waals surface area contributed by atoms with Gasteiger partial charge in [0.1, 0.15) is 5.75 Å². The molecule has 0 bridgehead atoms. The number of anilines is 1. The zero-order chi connectivity index (χ0) is 13.2. The minimum atomic E-state index is 0.558. The van der Waals surface area contributed by atoms with Crippen molar-refractivity contribution in [1.29, 1.82) is 0 Å². The number of unbranched alkanes of at least 4 members (excludes halogenated alkanes) is 3.